The molecule has 3 aliphatic rings. The number of nitrogens with zero attached hydrogens (tertiary/aromatic N) is 2. The van der Waals surface area contributed by atoms with Gasteiger partial charge in [0.05, 0.1) is 5.76 Å². The van der Waals surface area contributed by atoms with E-state index < -0.39 is 0 Å². The van der Waals surface area contributed by atoms with Gasteiger partial charge in [-0.05, 0) is 58.1 Å². The highest BCUT2D eigenvalue weighted by molar-refractivity contribution is 5.27. The molecule has 0 aromatic carbocycles. The Morgan fingerprint density at radius 2 is 1.63 bits per heavy atom. The van der Waals surface area contributed by atoms with Gasteiger partial charge in [-0.2, -0.15) is 0 Å². The van der Waals surface area contributed by atoms with E-state index in [-0.39, 0.29) is 5.72 Å². The maximum atomic E-state index is 6.16. The van der Waals surface area contributed by atoms with Crippen LogP contribution in [0.5, 0.6) is 0 Å². The van der Waals surface area contributed by atoms with Gasteiger partial charge in [-0.3, -0.25) is 4.90 Å². The van der Waals surface area contributed by atoms with Gasteiger partial charge in [0.25, 0.3) is 0 Å². The molecular weight excluding hydrogens is 236 g/mol. The van der Waals surface area contributed by atoms with Crippen molar-refractivity contribution in [3.63, 3.8) is 0 Å². The lowest BCUT2D eigenvalue weighted by Crippen LogP contribution is -2.47. The van der Waals surface area contributed by atoms with E-state index in [4.69, 9.17) is 4.74 Å². The quantitative estimate of drug-likeness (QED) is 0.760. The van der Waals surface area contributed by atoms with Crippen LogP contribution in [0, 0.1) is 0 Å². The Morgan fingerprint density at radius 3 is 2.32 bits per heavy atom. The third kappa shape index (κ3) is 2.66. The van der Waals surface area contributed by atoms with E-state index in [0.717, 1.165) is 18.8 Å². The minimum Gasteiger partial charge on any atom is -0.474 e. The summed E-state index contributed by atoms with van der Waals surface area (Å²) in [5.74, 6) is 1.05. The third-order valence-corrected chi connectivity index (χ3v) is 4.59. The monoisotopic (exact) mass is 262 g/mol. The van der Waals surface area contributed by atoms with Gasteiger partial charge in [-0.1, -0.05) is 0 Å². The molecule has 0 bridgehead atoms. The van der Waals surface area contributed by atoms with Crippen molar-refractivity contribution in [3.05, 3.63) is 23.6 Å². The molecule has 0 radical (unpaired) electrons. The number of ether oxygens (including phenoxy) is 1. The lowest BCUT2D eigenvalue weighted by molar-refractivity contribution is -0.0688. The Labute approximate surface area is 116 Å². The Morgan fingerprint density at radius 1 is 1.00 bits per heavy atom. The molecule has 106 valence electrons. The Hall–Kier alpha value is -0.960. The van der Waals surface area contributed by atoms with E-state index in [1.54, 1.807) is 0 Å². The zero-order valence-electron chi connectivity index (χ0n) is 12.3. The van der Waals surface area contributed by atoms with E-state index in [9.17, 15) is 0 Å². The summed E-state index contributed by atoms with van der Waals surface area (Å²) in [5, 5.41) is 0. The Kier molecular flexibility index (Phi) is 3.57. The number of piperidine rings is 1. The molecule has 3 nitrogen and oxygen atoms in total. The molecule has 3 rings (SSSR count). The van der Waals surface area contributed by atoms with Crippen molar-refractivity contribution in [2.45, 2.75) is 51.7 Å². The molecule has 2 saturated heterocycles. The fourth-order valence-electron chi connectivity index (χ4n) is 3.56. The van der Waals surface area contributed by atoms with Crippen LogP contribution in [-0.2, 0) is 4.74 Å². The first-order chi connectivity index (χ1) is 9.17. The zero-order valence-corrected chi connectivity index (χ0v) is 12.3. The van der Waals surface area contributed by atoms with Crippen LogP contribution in [-0.4, -0.2) is 41.7 Å². The number of hydrogen-bond acceptors (Lipinski definition) is 3. The van der Waals surface area contributed by atoms with Crippen LogP contribution < -0.4 is 0 Å². The molecule has 0 aliphatic carbocycles. The first kappa shape index (κ1) is 13.0. The Balaban J connectivity index is 1.82. The average molecular weight is 262 g/mol. The number of allylic oxidation sites excluding steroid dienone is 2. The van der Waals surface area contributed by atoms with Crippen LogP contribution in [0.3, 0.4) is 0 Å². The van der Waals surface area contributed by atoms with Crippen LogP contribution in [0.25, 0.3) is 0 Å². The molecule has 3 heterocycles. The summed E-state index contributed by atoms with van der Waals surface area (Å²) in [6.07, 6.45) is 11.2. The van der Waals surface area contributed by atoms with Gasteiger partial charge in [0.15, 0.2) is 5.72 Å². The Bertz CT molecular complexity index is 390. The molecule has 19 heavy (non-hydrogen) atoms. The van der Waals surface area contributed by atoms with E-state index >= 15 is 0 Å². The van der Waals surface area contributed by atoms with E-state index in [1.807, 2.05) is 0 Å². The highest BCUT2D eigenvalue weighted by atomic mass is 16.5. The molecule has 3 aliphatic heterocycles. The third-order valence-electron chi connectivity index (χ3n) is 4.59. The molecule has 0 saturated carbocycles. The van der Waals surface area contributed by atoms with Gasteiger partial charge in [0, 0.05) is 31.9 Å². The van der Waals surface area contributed by atoms with Crippen LogP contribution in [0.4, 0.5) is 0 Å². The second-order valence-corrected chi connectivity index (χ2v) is 6.22. The average Bonchev–Trinajstić information content (AvgIpc) is 2.93. The summed E-state index contributed by atoms with van der Waals surface area (Å²) in [6.45, 7) is 9.03. The van der Waals surface area contributed by atoms with Crippen LogP contribution >= 0.6 is 0 Å². The zero-order chi connectivity index (χ0) is 13.3. The molecule has 0 aromatic rings. The van der Waals surface area contributed by atoms with Gasteiger partial charge < -0.3 is 9.64 Å². The van der Waals surface area contributed by atoms with Crippen molar-refractivity contribution < 1.29 is 4.74 Å². The molecule has 3 heteroatoms. The topological polar surface area (TPSA) is 15.7 Å². The molecule has 1 unspecified atom stereocenters. The van der Waals surface area contributed by atoms with Crippen molar-refractivity contribution in [3.8, 4) is 0 Å². The molecule has 0 spiro atoms. The highest BCUT2D eigenvalue weighted by Gasteiger charge is 2.36. The maximum Gasteiger partial charge on any atom is 0.181 e. The summed E-state index contributed by atoms with van der Waals surface area (Å²) < 4.78 is 6.16. The summed E-state index contributed by atoms with van der Waals surface area (Å²) in [4.78, 5) is 5.01. The lowest BCUT2D eigenvalue weighted by Gasteiger charge is -2.41. The van der Waals surface area contributed by atoms with Gasteiger partial charge in [0.1, 0.15) is 0 Å². The number of rotatable bonds is 2. The van der Waals surface area contributed by atoms with Crippen molar-refractivity contribution in [1.82, 2.24) is 9.80 Å². The summed E-state index contributed by atoms with van der Waals surface area (Å²) in [6, 6.07) is 0. The van der Waals surface area contributed by atoms with Crippen molar-refractivity contribution >= 4 is 0 Å². The van der Waals surface area contributed by atoms with Gasteiger partial charge >= 0.3 is 0 Å². The predicted octanol–water partition coefficient (Wildman–Crippen LogP) is 3.10. The first-order valence-electron chi connectivity index (χ1n) is 7.78. The van der Waals surface area contributed by atoms with Crippen molar-refractivity contribution in [1.29, 1.82) is 0 Å². The highest BCUT2D eigenvalue weighted by Crippen LogP contribution is 2.33. The largest absolute Gasteiger partial charge is 0.474 e. The van der Waals surface area contributed by atoms with Gasteiger partial charge in [-0.15, -0.1) is 0 Å². The fraction of sp³-hybridized carbons (Fsp3) is 0.750. The lowest BCUT2D eigenvalue weighted by atomic mass is 10.1. The standard InChI is InChI=1S/C16H26N2O/c1-14-12-15(17-8-4-3-5-9-17)13-16(2,19-14)18-10-6-7-11-18/h12-13H,3-11H2,1-2H3. The van der Waals surface area contributed by atoms with E-state index in [1.165, 1.54) is 50.9 Å². The molecule has 0 aromatic heterocycles. The van der Waals surface area contributed by atoms with E-state index in [2.05, 4.69) is 35.8 Å². The molecule has 0 amide bonds. The minimum absolute atomic E-state index is 0.234. The summed E-state index contributed by atoms with van der Waals surface area (Å²) >= 11 is 0. The van der Waals surface area contributed by atoms with Crippen molar-refractivity contribution in [2.24, 2.45) is 0 Å². The predicted molar refractivity (Wildman–Crippen MR) is 77.6 cm³/mol. The fourth-order valence-corrected chi connectivity index (χ4v) is 3.56. The first-order valence-corrected chi connectivity index (χ1v) is 7.78. The maximum absolute atomic E-state index is 6.16. The molecule has 1 atom stereocenters. The van der Waals surface area contributed by atoms with Crippen LogP contribution in [0.2, 0.25) is 0 Å². The summed E-state index contributed by atoms with van der Waals surface area (Å²) in [7, 11) is 0. The molecular formula is C16H26N2O. The second kappa shape index (κ2) is 5.20. The number of likely N-dealkylation sites (tertiary alicyclic amines) is 2. The van der Waals surface area contributed by atoms with Crippen molar-refractivity contribution in [2.75, 3.05) is 26.2 Å². The number of hydrogen-bond donors (Lipinski definition) is 0. The van der Waals surface area contributed by atoms with Crippen LogP contribution in [0.15, 0.2) is 23.6 Å². The SMILES string of the molecule is CC1=CC(N2CCCCC2)=CC(C)(N2CCCC2)O1. The summed E-state index contributed by atoms with van der Waals surface area (Å²) in [5.41, 5.74) is 1.14. The molecule has 2 fully saturated rings. The van der Waals surface area contributed by atoms with Gasteiger partial charge in [-0.25, -0.2) is 0 Å². The smallest absolute Gasteiger partial charge is 0.181 e. The normalized spacial score (nSPS) is 32.8. The molecule has 0 N–H and O–H groups in total. The van der Waals surface area contributed by atoms with Crippen LogP contribution in [0.1, 0.15) is 46.0 Å². The van der Waals surface area contributed by atoms with Gasteiger partial charge in [0.2, 0.25) is 0 Å². The minimum atomic E-state index is -0.234. The second-order valence-electron chi connectivity index (χ2n) is 6.22. The van der Waals surface area contributed by atoms with E-state index in [0.29, 0.717) is 0 Å².